The topological polar surface area (TPSA) is 23.6 Å². The summed E-state index contributed by atoms with van der Waals surface area (Å²) in [5.41, 5.74) is 4.43. The van der Waals surface area contributed by atoms with E-state index < -0.39 is 0 Å². The van der Waals surface area contributed by atoms with E-state index in [4.69, 9.17) is 0 Å². The fourth-order valence-corrected chi connectivity index (χ4v) is 2.46. The molecule has 1 aliphatic heterocycles. The Balaban J connectivity index is 2.72. The smallest absolute Gasteiger partial charge is 0.260 e. The molecule has 3 heteroatoms. The summed E-state index contributed by atoms with van der Waals surface area (Å²) in [6.07, 6.45) is 3.95. The van der Waals surface area contributed by atoms with E-state index in [0.717, 1.165) is 22.7 Å². The molecule has 20 heavy (non-hydrogen) atoms. The summed E-state index contributed by atoms with van der Waals surface area (Å²) in [6.45, 7) is 7.84. The van der Waals surface area contributed by atoms with Crippen LogP contribution in [0.2, 0.25) is 0 Å². The lowest BCUT2D eigenvalue weighted by Gasteiger charge is -2.25. The monoisotopic (exact) mass is 268 g/mol. The molecular weight excluding hydrogens is 248 g/mol. The molecule has 0 aliphatic carbocycles. The van der Waals surface area contributed by atoms with E-state index in [1.165, 1.54) is 0 Å². The molecule has 0 spiro atoms. The Labute approximate surface area is 120 Å². The molecule has 1 heterocycles. The normalized spacial score (nSPS) is 19.3. The molecule has 0 saturated carbocycles. The van der Waals surface area contributed by atoms with E-state index in [0.29, 0.717) is 5.56 Å². The van der Waals surface area contributed by atoms with Crippen LogP contribution in [0.4, 0.5) is 5.69 Å². The first kappa shape index (κ1) is 14.1. The van der Waals surface area contributed by atoms with Crippen LogP contribution in [0.1, 0.15) is 24.2 Å². The van der Waals surface area contributed by atoms with E-state index in [1.807, 2.05) is 62.2 Å². The highest BCUT2D eigenvalue weighted by Crippen LogP contribution is 2.33. The summed E-state index contributed by atoms with van der Waals surface area (Å²) in [5, 5.41) is 0. The second-order valence-electron chi connectivity index (χ2n) is 4.99. The van der Waals surface area contributed by atoms with Gasteiger partial charge in [-0.05, 0) is 32.1 Å². The third-order valence-electron chi connectivity index (χ3n) is 3.44. The zero-order valence-corrected chi connectivity index (χ0v) is 12.5. The van der Waals surface area contributed by atoms with Crippen LogP contribution in [0, 0.1) is 0 Å². The van der Waals surface area contributed by atoms with Crippen LogP contribution in [-0.4, -0.2) is 24.9 Å². The van der Waals surface area contributed by atoms with Crippen molar-refractivity contribution in [3.05, 3.63) is 65.5 Å². The third-order valence-corrected chi connectivity index (χ3v) is 3.44. The molecule has 0 N–H and O–H groups in total. The second kappa shape index (κ2) is 5.37. The van der Waals surface area contributed by atoms with Crippen molar-refractivity contribution < 1.29 is 4.79 Å². The first-order valence-corrected chi connectivity index (χ1v) is 6.62. The van der Waals surface area contributed by atoms with Gasteiger partial charge >= 0.3 is 0 Å². The molecule has 104 valence electrons. The van der Waals surface area contributed by atoms with E-state index >= 15 is 0 Å². The molecule has 1 aromatic rings. The number of hydrogen-bond acceptors (Lipinski definition) is 2. The second-order valence-corrected chi connectivity index (χ2v) is 4.99. The number of hydrogen-bond donors (Lipinski definition) is 0. The van der Waals surface area contributed by atoms with Gasteiger partial charge in [0.15, 0.2) is 0 Å². The largest absolute Gasteiger partial charge is 0.342 e. The number of fused-ring (bicyclic) bond motifs is 1. The number of likely N-dealkylation sites (N-methyl/N-ethyl adjacent to an activating group) is 2. The Morgan fingerprint density at radius 1 is 1.15 bits per heavy atom. The van der Waals surface area contributed by atoms with Gasteiger partial charge in [0.2, 0.25) is 0 Å². The van der Waals surface area contributed by atoms with Gasteiger partial charge in [-0.1, -0.05) is 30.4 Å². The number of allylic oxidation sites excluding steroid dienone is 3. The van der Waals surface area contributed by atoms with Crippen molar-refractivity contribution in [2.24, 2.45) is 0 Å². The van der Waals surface area contributed by atoms with Gasteiger partial charge in [-0.2, -0.15) is 0 Å². The molecule has 0 aromatic heterocycles. The number of para-hydroxylation sites is 1. The molecule has 0 saturated heterocycles. The fourth-order valence-electron chi connectivity index (χ4n) is 2.46. The van der Waals surface area contributed by atoms with E-state index in [9.17, 15) is 4.79 Å². The molecule has 0 unspecified atom stereocenters. The maximum Gasteiger partial charge on any atom is 0.260 e. The van der Waals surface area contributed by atoms with Crippen molar-refractivity contribution >= 4 is 11.6 Å². The highest BCUT2D eigenvalue weighted by molar-refractivity contribution is 6.02. The van der Waals surface area contributed by atoms with Crippen LogP contribution in [0.25, 0.3) is 0 Å². The van der Waals surface area contributed by atoms with Crippen LogP contribution in [-0.2, 0) is 0 Å². The summed E-state index contributed by atoms with van der Waals surface area (Å²) in [5.74, 6) is 0.00525. The third kappa shape index (κ3) is 2.27. The molecule has 3 nitrogen and oxygen atoms in total. The van der Waals surface area contributed by atoms with E-state index in [1.54, 1.807) is 11.9 Å². The maximum atomic E-state index is 12.6. The van der Waals surface area contributed by atoms with Crippen LogP contribution in [0.3, 0.4) is 0 Å². The zero-order valence-electron chi connectivity index (χ0n) is 12.5. The van der Waals surface area contributed by atoms with Crippen molar-refractivity contribution in [3.63, 3.8) is 0 Å². The van der Waals surface area contributed by atoms with Crippen LogP contribution in [0.15, 0.2) is 60.0 Å². The van der Waals surface area contributed by atoms with Gasteiger partial charge in [-0.25, -0.2) is 0 Å². The van der Waals surface area contributed by atoms with Gasteiger partial charge in [-0.15, -0.1) is 0 Å². The Bertz CT molecular complexity index is 626. The molecule has 1 aromatic carbocycles. The maximum absolute atomic E-state index is 12.6. The molecule has 0 radical (unpaired) electrons. The fraction of sp³-hybridized carbons (Fsp3) is 0.235. The molecule has 2 rings (SSSR count). The Morgan fingerprint density at radius 3 is 2.40 bits per heavy atom. The van der Waals surface area contributed by atoms with Gasteiger partial charge in [0.1, 0.15) is 0 Å². The van der Waals surface area contributed by atoms with Gasteiger partial charge in [0.25, 0.3) is 5.91 Å². The van der Waals surface area contributed by atoms with Gasteiger partial charge in [-0.3, -0.25) is 4.79 Å². The number of carbonyl (C=O) groups excluding carboxylic acids is 1. The highest BCUT2D eigenvalue weighted by atomic mass is 16.2. The van der Waals surface area contributed by atoms with Crippen molar-refractivity contribution in [3.8, 4) is 0 Å². The Hall–Kier alpha value is -2.29. The average molecular weight is 268 g/mol. The van der Waals surface area contributed by atoms with E-state index in [2.05, 4.69) is 6.58 Å². The van der Waals surface area contributed by atoms with Crippen molar-refractivity contribution in [2.45, 2.75) is 13.8 Å². The lowest BCUT2D eigenvalue weighted by Crippen LogP contribution is -2.26. The Kier molecular flexibility index (Phi) is 3.79. The number of carbonyl (C=O) groups is 1. The SMILES string of the molecule is C=C(C)/C=C1\C(=C/C)N(C)C(=O)c2ccccc2N1C. The minimum absolute atomic E-state index is 0.00525. The zero-order chi connectivity index (χ0) is 14.9. The quantitative estimate of drug-likeness (QED) is 0.777. The Morgan fingerprint density at radius 2 is 1.80 bits per heavy atom. The molecule has 0 atom stereocenters. The van der Waals surface area contributed by atoms with Crippen molar-refractivity contribution in [2.75, 3.05) is 19.0 Å². The first-order chi connectivity index (χ1) is 9.47. The minimum Gasteiger partial charge on any atom is -0.342 e. The van der Waals surface area contributed by atoms with Crippen molar-refractivity contribution in [1.82, 2.24) is 4.90 Å². The molecule has 0 fully saturated rings. The van der Waals surface area contributed by atoms with Gasteiger partial charge in [0.05, 0.1) is 22.6 Å². The summed E-state index contributed by atoms with van der Waals surface area (Å²) >= 11 is 0. The van der Waals surface area contributed by atoms with Crippen molar-refractivity contribution in [1.29, 1.82) is 0 Å². The average Bonchev–Trinajstić information content (AvgIpc) is 2.50. The summed E-state index contributed by atoms with van der Waals surface area (Å²) in [4.78, 5) is 16.3. The van der Waals surface area contributed by atoms with Crippen LogP contribution in [0.5, 0.6) is 0 Å². The predicted molar refractivity (Wildman–Crippen MR) is 83.6 cm³/mol. The van der Waals surface area contributed by atoms with E-state index in [-0.39, 0.29) is 5.91 Å². The first-order valence-electron chi connectivity index (χ1n) is 6.62. The molecule has 1 aliphatic rings. The van der Waals surface area contributed by atoms with Crippen LogP contribution < -0.4 is 4.90 Å². The van der Waals surface area contributed by atoms with Gasteiger partial charge < -0.3 is 9.80 Å². The number of benzene rings is 1. The minimum atomic E-state index is 0.00525. The number of rotatable bonds is 1. The summed E-state index contributed by atoms with van der Waals surface area (Å²) in [7, 11) is 3.78. The summed E-state index contributed by atoms with van der Waals surface area (Å²) < 4.78 is 0. The molecular formula is C17H20N2O. The molecule has 0 bridgehead atoms. The molecule has 1 amide bonds. The predicted octanol–water partition coefficient (Wildman–Crippen LogP) is 3.57. The highest BCUT2D eigenvalue weighted by Gasteiger charge is 2.28. The number of nitrogens with zero attached hydrogens (tertiary/aromatic N) is 2. The summed E-state index contributed by atoms with van der Waals surface area (Å²) in [6, 6.07) is 7.66. The van der Waals surface area contributed by atoms with Gasteiger partial charge in [0, 0.05) is 14.1 Å². The standard InChI is InChI=1S/C17H20N2O/c1-6-14-16(11-12(2)3)18(4)15-10-8-7-9-13(15)17(20)19(14)5/h6-11H,2H2,1,3-5H3/b14-6+,16-11+. The van der Waals surface area contributed by atoms with Crippen LogP contribution >= 0.6 is 0 Å². The number of anilines is 1. The lowest BCUT2D eigenvalue weighted by atomic mass is 10.1. The lowest BCUT2D eigenvalue weighted by molar-refractivity contribution is 0.0842. The number of amides is 1.